The standard InChI is InChI=1S/C22H34ClN5O2/c1-5-24-21(26-15-22(11-6-7-12-22)20(30)28(3)4)25-13-10-19(29)27-18-9-8-16(2)14-17(18)23/h8-9,14H,5-7,10-13,15H2,1-4H3,(H,27,29)(H2,24,25,26). The molecular weight excluding hydrogens is 402 g/mol. The van der Waals surface area contributed by atoms with Crippen LogP contribution in [-0.2, 0) is 9.59 Å². The largest absolute Gasteiger partial charge is 0.357 e. The molecule has 0 aliphatic heterocycles. The summed E-state index contributed by atoms with van der Waals surface area (Å²) in [5.74, 6) is 0.643. The van der Waals surface area contributed by atoms with Crippen molar-refractivity contribution in [1.82, 2.24) is 15.5 Å². The minimum Gasteiger partial charge on any atom is -0.357 e. The molecule has 0 heterocycles. The van der Waals surface area contributed by atoms with E-state index in [1.807, 2.05) is 26.0 Å². The lowest BCUT2D eigenvalue weighted by molar-refractivity contribution is -0.138. The van der Waals surface area contributed by atoms with Gasteiger partial charge in [-0.3, -0.25) is 14.6 Å². The molecule has 2 rings (SSSR count). The summed E-state index contributed by atoms with van der Waals surface area (Å²) < 4.78 is 0. The summed E-state index contributed by atoms with van der Waals surface area (Å²) in [5.41, 5.74) is 1.24. The third kappa shape index (κ3) is 6.62. The van der Waals surface area contributed by atoms with Gasteiger partial charge in [-0.25, -0.2) is 0 Å². The molecule has 8 heteroatoms. The summed E-state index contributed by atoms with van der Waals surface area (Å²) in [7, 11) is 3.60. The number of nitrogens with one attached hydrogen (secondary N) is 3. The van der Waals surface area contributed by atoms with Crippen molar-refractivity contribution in [3.63, 3.8) is 0 Å². The second-order valence-corrected chi connectivity index (χ2v) is 8.50. The summed E-state index contributed by atoms with van der Waals surface area (Å²) in [6.45, 7) is 5.51. The Balaban J connectivity index is 1.91. The van der Waals surface area contributed by atoms with Gasteiger partial charge in [0, 0.05) is 33.6 Å². The molecule has 0 saturated heterocycles. The Morgan fingerprint density at radius 2 is 1.90 bits per heavy atom. The van der Waals surface area contributed by atoms with Gasteiger partial charge >= 0.3 is 0 Å². The normalized spacial score (nSPS) is 15.6. The highest BCUT2D eigenvalue weighted by Gasteiger charge is 2.42. The molecule has 0 radical (unpaired) electrons. The third-order valence-corrected chi connectivity index (χ3v) is 5.66. The van der Waals surface area contributed by atoms with Crippen molar-refractivity contribution >= 4 is 35.1 Å². The van der Waals surface area contributed by atoms with E-state index in [9.17, 15) is 9.59 Å². The van der Waals surface area contributed by atoms with Gasteiger partial charge in [0.15, 0.2) is 5.96 Å². The zero-order valence-corrected chi connectivity index (χ0v) is 19.2. The maximum absolute atomic E-state index is 12.7. The first kappa shape index (κ1) is 24.0. The van der Waals surface area contributed by atoms with E-state index in [-0.39, 0.29) is 18.2 Å². The average Bonchev–Trinajstić information content (AvgIpc) is 3.17. The van der Waals surface area contributed by atoms with Crippen LogP contribution in [0.4, 0.5) is 5.69 Å². The number of aliphatic imine (C=N–C) groups is 1. The lowest BCUT2D eigenvalue weighted by Gasteiger charge is -2.29. The van der Waals surface area contributed by atoms with Gasteiger partial charge in [-0.1, -0.05) is 30.5 Å². The van der Waals surface area contributed by atoms with Crippen molar-refractivity contribution in [3.05, 3.63) is 28.8 Å². The number of carbonyl (C=O) groups excluding carboxylic acids is 2. The van der Waals surface area contributed by atoms with E-state index < -0.39 is 5.41 Å². The maximum Gasteiger partial charge on any atom is 0.230 e. The molecule has 1 aliphatic rings. The molecule has 0 aromatic heterocycles. The molecule has 0 unspecified atom stereocenters. The van der Waals surface area contributed by atoms with E-state index in [0.29, 0.717) is 36.3 Å². The summed E-state index contributed by atoms with van der Waals surface area (Å²) >= 11 is 6.17. The highest BCUT2D eigenvalue weighted by Crippen LogP contribution is 2.39. The van der Waals surface area contributed by atoms with Gasteiger partial charge in [-0.15, -0.1) is 0 Å². The van der Waals surface area contributed by atoms with Gasteiger partial charge in [-0.2, -0.15) is 0 Å². The third-order valence-electron chi connectivity index (χ3n) is 5.35. The summed E-state index contributed by atoms with van der Waals surface area (Å²) in [6.07, 6.45) is 4.12. The minimum absolute atomic E-state index is 0.126. The van der Waals surface area contributed by atoms with E-state index in [1.165, 1.54) is 0 Å². The number of anilines is 1. The number of rotatable bonds is 8. The van der Waals surface area contributed by atoms with Crippen molar-refractivity contribution in [3.8, 4) is 0 Å². The highest BCUT2D eigenvalue weighted by atomic mass is 35.5. The zero-order chi connectivity index (χ0) is 22.1. The lowest BCUT2D eigenvalue weighted by Crippen LogP contribution is -2.43. The van der Waals surface area contributed by atoms with Crippen LogP contribution in [0.5, 0.6) is 0 Å². The van der Waals surface area contributed by atoms with Crippen LogP contribution >= 0.6 is 11.6 Å². The molecule has 1 aromatic rings. The molecule has 30 heavy (non-hydrogen) atoms. The second kappa shape index (κ2) is 11.2. The minimum atomic E-state index is -0.411. The Bertz CT molecular complexity index is 773. The van der Waals surface area contributed by atoms with Gasteiger partial charge in [-0.05, 0) is 44.4 Å². The number of hydrogen-bond acceptors (Lipinski definition) is 3. The van der Waals surface area contributed by atoms with Crippen LogP contribution in [0.1, 0.15) is 44.6 Å². The molecule has 0 bridgehead atoms. The molecular formula is C22H34ClN5O2. The van der Waals surface area contributed by atoms with E-state index in [0.717, 1.165) is 31.2 Å². The fourth-order valence-corrected chi connectivity index (χ4v) is 4.05. The summed E-state index contributed by atoms with van der Waals surface area (Å²) in [6, 6.07) is 5.53. The van der Waals surface area contributed by atoms with Crippen LogP contribution in [0, 0.1) is 12.3 Å². The van der Waals surface area contributed by atoms with Crippen molar-refractivity contribution < 1.29 is 9.59 Å². The number of nitrogens with zero attached hydrogens (tertiary/aromatic N) is 2. The molecule has 3 N–H and O–H groups in total. The highest BCUT2D eigenvalue weighted by molar-refractivity contribution is 6.33. The number of aryl methyl sites for hydroxylation is 1. The SMILES string of the molecule is CCNC(=NCC1(C(=O)N(C)C)CCCC1)NCCC(=O)Nc1ccc(C)cc1Cl. The van der Waals surface area contributed by atoms with Crippen molar-refractivity contribution in [2.75, 3.05) is 39.0 Å². The van der Waals surface area contributed by atoms with E-state index in [1.54, 1.807) is 25.1 Å². The molecule has 1 aromatic carbocycles. The Hall–Kier alpha value is -2.28. The number of hydrogen-bond donors (Lipinski definition) is 3. The molecule has 1 fully saturated rings. The molecule has 1 saturated carbocycles. The topological polar surface area (TPSA) is 85.8 Å². The van der Waals surface area contributed by atoms with Gasteiger partial charge in [0.25, 0.3) is 0 Å². The number of guanidine groups is 1. The number of carbonyl (C=O) groups is 2. The molecule has 2 amide bonds. The Kier molecular flexibility index (Phi) is 8.96. The van der Waals surface area contributed by atoms with Gasteiger partial charge in [0.05, 0.1) is 22.7 Å². The Morgan fingerprint density at radius 1 is 1.20 bits per heavy atom. The summed E-state index contributed by atoms with van der Waals surface area (Å²) in [4.78, 5) is 31.3. The summed E-state index contributed by atoms with van der Waals surface area (Å²) in [5, 5.41) is 9.74. The second-order valence-electron chi connectivity index (χ2n) is 8.09. The smallest absolute Gasteiger partial charge is 0.230 e. The Labute approximate surface area is 184 Å². The van der Waals surface area contributed by atoms with Crippen LogP contribution in [0.2, 0.25) is 5.02 Å². The monoisotopic (exact) mass is 435 g/mol. The molecule has 1 aliphatic carbocycles. The fourth-order valence-electron chi connectivity index (χ4n) is 3.77. The first-order valence-electron chi connectivity index (χ1n) is 10.6. The van der Waals surface area contributed by atoms with Crippen molar-refractivity contribution in [2.24, 2.45) is 10.4 Å². The predicted molar refractivity (Wildman–Crippen MR) is 123 cm³/mol. The molecule has 0 spiro atoms. The van der Waals surface area contributed by atoms with Crippen LogP contribution in [0.15, 0.2) is 23.2 Å². The van der Waals surface area contributed by atoms with Crippen LogP contribution in [0.3, 0.4) is 0 Å². The van der Waals surface area contributed by atoms with Crippen molar-refractivity contribution in [2.45, 2.75) is 46.0 Å². The number of amides is 2. The van der Waals surface area contributed by atoms with Crippen LogP contribution in [-0.4, -0.2) is 56.4 Å². The van der Waals surface area contributed by atoms with Gasteiger partial charge in [0.2, 0.25) is 11.8 Å². The number of halogens is 1. The molecule has 166 valence electrons. The molecule has 0 atom stereocenters. The van der Waals surface area contributed by atoms with Crippen LogP contribution in [0.25, 0.3) is 0 Å². The fraction of sp³-hybridized carbons (Fsp3) is 0.591. The zero-order valence-electron chi connectivity index (χ0n) is 18.5. The lowest BCUT2D eigenvalue weighted by atomic mass is 9.85. The van der Waals surface area contributed by atoms with E-state index in [2.05, 4.69) is 20.9 Å². The average molecular weight is 436 g/mol. The molecule has 7 nitrogen and oxygen atoms in total. The van der Waals surface area contributed by atoms with Crippen molar-refractivity contribution in [1.29, 1.82) is 0 Å². The first-order valence-corrected chi connectivity index (χ1v) is 10.9. The van der Waals surface area contributed by atoms with Crippen LogP contribution < -0.4 is 16.0 Å². The van der Waals surface area contributed by atoms with E-state index in [4.69, 9.17) is 11.6 Å². The first-order chi connectivity index (χ1) is 14.3. The van der Waals surface area contributed by atoms with E-state index >= 15 is 0 Å². The quantitative estimate of drug-likeness (QED) is 0.432. The Morgan fingerprint density at radius 3 is 2.50 bits per heavy atom. The van der Waals surface area contributed by atoms with Gasteiger partial charge in [0.1, 0.15) is 0 Å². The van der Waals surface area contributed by atoms with Gasteiger partial charge < -0.3 is 20.9 Å². The maximum atomic E-state index is 12.7. The number of benzene rings is 1. The predicted octanol–water partition coefficient (Wildman–Crippen LogP) is 3.18.